The van der Waals surface area contributed by atoms with Gasteiger partial charge in [0.15, 0.2) is 0 Å². The van der Waals surface area contributed by atoms with Crippen molar-refractivity contribution in [3.8, 4) is 28.3 Å². The van der Waals surface area contributed by atoms with E-state index >= 15 is 0 Å². The Morgan fingerprint density at radius 3 is 2.54 bits per heavy atom. The molecule has 0 fully saturated rings. The van der Waals surface area contributed by atoms with Gasteiger partial charge in [0.2, 0.25) is 0 Å². The Morgan fingerprint density at radius 1 is 0.943 bits per heavy atom. The van der Waals surface area contributed by atoms with Crippen molar-refractivity contribution >= 4 is 0 Å². The quantitative estimate of drug-likeness (QED) is 0.428. The van der Waals surface area contributed by atoms with Crippen LogP contribution < -0.4 is 5.56 Å². The van der Waals surface area contributed by atoms with Crippen molar-refractivity contribution < 1.29 is 0 Å². The van der Waals surface area contributed by atoms with Gasteiger partial charge in [-0.1, -0.05) is 18.2 Å². The van der Waals surface area contributed by atoms with Crippen molar-refractivity contribution in [3.05, 3.63) is 107 Å². The van der Waals surface area contributed by atoms with Crippen LogP contribution in [0.25, 0.3) is 28.3 Å². The highest BCUT2D eigenvalue weighted by Crippen LogP contribution is 2.26. The zero-order valence-electron chi connectivity index (χ0n) is 18.9. The molecule has 0 atom stereocenters. The SMILES string of the molecule is O=c1[nH]c(-c2cncnc2)nc2c1CN(Cc1cn(-c3ccccc3)nc1-c1ccncc1)CC2. The number of hydrogen-bond donors (Lipinski definition) is 1. The first-order chi connectivity index (χ1) is 17.2. The molecule has 1 N–H and O–H groups in total. The second kappa shape index (κ2) is 9.03. The molecule has 5 aromatic rings. The number of fused-ring (bicyclic) bond motifs is 1. The van der Waals surface area contributed by atoms with Crippen LogP contribution in [0, 0.1) is 0 Å². The van der Waals surface area contributed by atoms with Crippen LogP contribution in [0.2, 0.25) is 0 Å². The normalized spacial score (nSPS) is 13.5. The summed E-state index contributed by atoms with van der Waals surface area (Å²) in [6.45, 7) is 1.98. The summed E-state index contributed by atoms with van der Waals surface area (Å²) in [7, 11) is 0. The van der Waals surface area contributed by atoms with E-state index in [1.54, 1.807) is 24.8 Å². The molecular weight excluding hydrogens is 440 g/mol. The van der Waals surface area contributed by atoms with Gasteiger partial charge in [-0.3, -0.25) is 14.7 Å². The van der Waals surface area contributed by atoms with Crippen LogP contribution in [-0.2, 0) is 19.5 Å². The van der Waals surface area contributed by atoms with Crippen LogP contribution in [0.3, 0.4) is 0 Å². The maximum Gasteiger partial charge on any atom is 0.255 e. The Labute approximate surface area is 201 Å². The van der Waals surface area contributed by atoms with E-state index < -0.39 is 0 Å². The van der Waals surface area contributed by atoms with Gasteiger partial charge >= 0.3 is 0 Å². The number of H-pyrrole nitrogens is 1. The first-order valence-electron chi connectivity index (χ1n) is 11.4. The van der Waals surface area contributed by atoms with E-state index in [2.05, 4.69) is 31.0 Å². The topological polar surface area (TPSA) is 105 Å². The smallest absolute Gasteiger partial charge is 0.255 e. The third kappa shape index (κ3) is 4.24. The summed E-state index contributed by atoms with van der Waals surface area (Å²) in [5, 5.41) is 4.89. The van der Waals surface area contributed by atoms with Crippen LogP contribution in [0.1, 0.15) is 16.8 Å². The Balaban J connectivity index is 1.31. The lowest BCUT2D eigenvalue weighted by Gasteiger charge is -2.27. The molecule has 0 bridgehead atoms. The lowest BCUT2D eigenvalue weighted by Crippen LogP contribution is -2.35. The minimum absolute atomic E-state index is 0.118. The lowest BCUT2D eigenvalue weighted by atomic mass is 10.0. The van der Waals surface area contributed by atoms with Gasteiger partial charge in [-0.05, 0) is 24.3 Å². The summed E-state index contributed by atoms with van der Waals surface area (Å²) in [4.78, 5) is 35.0. The van der Waals surface area contributed by atoms with Gasteiger partial charge in [0.05, 0.1) is 28.2 Å². The van der Waals surface area contributed by atoms with E-state index in [0.29, 0.717) is 36.5 Å². The number of aromatic amines is 1. The number of para-hydroxylation sites is 1. The van der Waals surface area contributed by atoms with Gasteiger partial charge in [-0.15, -0.1) is 0 Å². The molecule has 1 aliphatic rings. The van der Waals surface area contributed by atoms with Gasteiger partial charge < -0.3 is 4.98 Å². The average Bonchev–Trinajstić information content (AvgIpc) is 3.34. The predicted molar refractivity (Wildman–Crippen MR) is 130 cm³/mol. The lowest BCUT2D eigenvalue weighted by molar-refractivity contribution is 0.242. The second-order valence-corrected chi connectivity index (χ2v) is 8.45. The Hall–Kier alpha value is -4.50. The van der Waals surface area contributed by atoms with Crippen molar-refractivity contribution in [2.45, 2.75) is 19.5 Å². The summed E-state index contributed by atoms with van der Waals surface area (Å²) in [6.07, 6.45) is 11.1. The molecule has 0 saturated carbocycles. The third-order valence-corrected chi connectivity index (χ3v) is 6.14. The van der Waals surface area contributed by atoms with Gasteiger partial charge in [0, 0.05) is 68.2 Å². The molecule has 0 amide bonds. The molecule has 6 rings (SSSR count). The number of nitrogens with one attached hydrogen (secondary N) is 1. The highest BCUT2D eigenvalue weighted by molar-refractivity contribution is 5.62. The number of rotatable bonds is 5. The largest absolute Gasteiger partial charge is 0.306 e. The van der Waals surface area contributed by atoms with Crippen LogP contribution in [0.4, 0.5) is 0 Å². The summed E-state index contributed by atoms with van der Waals surface area (Å²) >= 11 is 0. The average molecular weight is 463 g/mol. The molecule has 9 nitrogen and oxygen atoms in total. The van der Waals surface area contributed by atoms with E-state index in [1.165, 1.54) is 6.33 Å². The fourth-order valence-corrected chi connectivity index (χ4v) is 4.41. The standard InChI is InChI=1S/C26H22N8O/c35-26-22-16-33(11-8-23(22)30-25(31-26)19-12-28-17-29-13-19)14-20-15-34(21-4-2-1-3-5-21)32-24(20)18-6-9-27-10-7-18/h1-7,9-10,12-13,15,17H,8,11,14,16H2,(H,30,31,35). The number of nitrogens with zero attached hydrogens (tertiary/aromatic N) is 7. The highest BCUT2D eigenvalue weighted by Gasteiger charge is 2.23. The molecule has 172 valence electrons. The van der Waals surface area contributed by atoms with Crippen molar-refractivity contribution in [1.82, 2.24) is 39.6 Å². The molecule has 1 aromatic carbocycles. The molecule has 35 heavy (non-hydrogen) atoms. The van der Waals surface area contributed by atoms with E-state index in [9.17, 15) is 4.79 Å². The van der Waals surface area contributed by atoms with Crippen molar-refractivity contribution in [2.75, 3.05) is 6.54 Å². The maximum absolute atomic E-state index is 12.9. The van der Waals surface area contributed by atoms with Crippen LogP contribution in [-0.4, -0.2) is 46.1 Å². The van der Waals surface area contributed by atoms with E-state index in [-0.39, 0.29) is 5.56 Å². The molecular formula is C26H22N8O. The predicted octanol–water partition coefficient (Wildman–Crippen LogP) is 3.03. The summed E-state index contributed by atoms with van der Waals surface area (Å²) < 4.78 is 1.91. The van der Waals surface area contributed by atoms with Gasteiger partial charge in [-0.25, -0.2) is 19.6 Å². The number of benzene rings is 1. The number of pyridine rings is 1. The molecule has 4 aromatic heterocycles. The Bertz CT molecular complexity index is 1510. The van der Waals surface area contributed by atoms with E-state index in [0.717, 1.165) is 34.7 Å². The molecule has 0 aliphatic carbocycles. The molecule has 0 saturated heterocycles. The zero-order chi connectivity index (χ0) is 23.6. The monoisotopic (exact) mass is 462 g/mol. The Kier molecular flexibility index (Phi) is 5.44. The van der Waals surface area contributed by atoms with Gasteiger partial charge in [0.1, 0.15) is 12.2 Å². The minimum atomic E-state index is -0.118. The second-order valence-electron chi connectivity index (χ2n) is 8.45. The molecule has 1 aliphatic heterocycles. The minimum Gasteiger partial charge on any atom is -0.306 e. The van der Waals surface area contributed by atoms with Crippen molar-refractivity contribution in [2.24, 2.45) is 0 Å². The molecule has 0 spiro atoms. The summed E-state index contributed by atoms with van der Waals surface area (Å²) in [5.74, 6) is 0.506. The van der Waals surface area contributed by atoms with Crippen LogP contribution >= 0.6 is 0 Å². The van der Waals surface area contributed by atoms with E-state index in [1.807, 2.05) is 47.1 Å². The number of aromatic nitrogens is 7. The molecule has 9 heteroatoms. The summed E-state index contributed by atoms with van der Waals surface area (Å²) in [5.41, 5.74) is 6.13. The summed E-state index contributed by atoms with van der Waals surface area (Å²) in [6, 6.07) is 14.0. The zero-order valence-corrected chi connectivity index (χ0v) is 18.9. The fourth-order valence-electron chi connectivity index (χ4n) is 4.41. The van der Waals surface area contributed by atoms with Gasteiger partial charge in [-0.2, -0.15) is 5.10 Å². The highest BCUT2D eigenvalue weighted by atomic mass is 16.1. The Morgan fingerprint density at radius 2 is 1.74 bits per heavy atom. The van der Waals surface area contributed by atoms with Crippen LogP contribution in [0.15, 0.2) is 84.6 Å². The van der Waals surface area contributed by atoms with Crippen LogP contribution in [0.5, 0.6) is 0 Å². The first kappa shape index (κ1) is 21.1. The molecule has 0 radical (unpaired) electrons. The van der Waals surface area contributed by atoms with Crippen molar-refractivity contribution in [1.29, 1.82) is 0 Å². The maximum atomic E-state index is 12.9. The third-order valence-electron chi connectivity index (χ3n) is 6.14. The first-order valence-corrected chi connectivity index (χ1v) is 11.4. The van der Waals surface area contributed by atoms with Crippen molar-refractivity contribution in [3.63, 3.8) is 0 Å². The van der Waals surface area contributed by atoms with Gasteiger partial charge in [0.25, 0.3) is 5.56 Å². The molecule has 5 heterocycles. The fraction of sp³-hybridized carbons (Fsp3) is 0.154. The van der Waals surface area contributed by atoms with E-state index in [4.69, 9.17) is 10.1 Å². The molecule has 0 unspecified atom stereocenters. The number of hydrogen-bond acceptors (Lipinski definition) is 7.